The number of thiophene rings is 1. The molecule has 254 valence electrons. The van der Waals surface area contributed by atoms with E-state index in [-0.39, 0.29) is 29.6 Å². The van der Waals surface area contributed by atoms with Gasteiger partial charge < -0.3 is 20.8 Å². The molecule has 4 aromatic rings. The average Bonchev–Trinajstić information content (AvgIpc) is 3.55. The summed E-state index contributed by atoms with van der Waals surface area (Å²) in [5.74, 6) is -2.29. The molecule has 1 atom stereocenters. The van der Waals surface area contributed by atoms with Crippen molar-refractivity contribution in [2.24, 2.45) is 0 Å². The van der Waals surface area contributed by atoms with Crippen molar-refractivity contribution in [2.75, 3.05) is 6.54 Å². The lowest BCUT2D eigenvalue weighted by atomic mass is 9.86. The smallest absolute Gasteiger partial charge is 0.322 e. The zero-order valence-electron chi connectivity index (χ0n) is 28.5. The Kier molecular flexibility index (Phi) is 12.7. The van der Waals surface area contributed by atoms with Gasteiger partial charge in [-0.2, -0.15) is 0 Å². The van der Waals surface area contributed by atoms with E-state index in [1.807, 2.05) is 30.3 Å². The summed E-state index contributed by atoms with van der Waals surface area (Å²) in [6, 6.07) is 18.5. The molecule has 2 aromatic carbocycles. The Morgan fingerprint density at radius 1 is 0.750 bits per heavy atom. The molecule has 48 heavy (non-hydrogen) atoms. The number of benzene rings is 2. The van der Waals surface area contributed by atoms with Gasteiger partial charge >= 0.3 is 11.9 Å². The minimum absolute atomic E-state index is 0.0825. The van der Waals surface area contributed by atoms with Crippen LogP contribution in [-0.2, 0) is 31.6 Å². The molecule has 0 saturated carbocycles. The van der Waals surface area contributed by atoms with E-state index in [1.165, 1.54) is 16.9 Å². The monoisotopic (exact) mass is 672 g/mol. The highest BCUT2D eigenvalue weighted by atomic mass is 32.1. The lowest BCUT2D eigenvalue weighted by Crippen LogP contribution is -2.49. The maximum absolute atomic E-state index is 13.0. The van der Waals surface area contributed by atoms with Crippen molar-refractivity contribution in [3.63, 3.8) is 0 Å². The summed E-state index contributed by atoms with van der Waals surface area (Å²) in [6.45, 7) is 13.8. The second kappa shape index (κ2) is 16.3. The van der Waals surface area contributed by atoms with Crippen molar-refractivity contribution in [1.82, 2.24) is 20.6 Å². The van der Waals surface area contributed by atoms with E-state index in [1.54, 1.807) is 25.4 Å². The second-order valence-corrected chi connectivity index (χ2v) is 14.4. The lowest BCUT2D eigenvalue weighted by molar-refractivity contribution is -0.138. The Labute approximate surface area is 285 Å². The summed E-state index contributed by atoms with van der Waals surface area (Å²) in [5.41, 5.74) is 4.80. The normalized spacial score (nSPS) is 11.9. The number of amides is 2. The van der Waals surface area contributed by atoms with Crippen LogP contribution < -0.4 is 10.6 Å². The molecule has 2 amide bonds. The van der Waals surface area contributed by atoms with Gasteiger partial charge in [0.05, 0.1) is 4.88 Å². The molecule has 0 saturated heterocycles. The third-order valence-electron chi connectivity index (χ3n) is 7.30. The van der Waals surface area contributed by atoms with Crippen LogP contribution in [0.15, 0.2) is 73.1 Å². The maximum Gasteiger partial charge on any atom is 0.322 e. The number of carbonyl (C=O) groups excluding carboxylic acids is 2. The van der Waals surface area contributed by atoms with E-state index in [0.29, 0.717) is 10.7 Å². The number of carbonyl (C=O) groups is 4. The topological polar surface area (TPSA) is 159 Å². The quantitative estimate of drug-likeness (QED) is 0.149. The number of aliphatic carboxylic acids is 2. The van der Waals surface area contributed by atoms with E-state index in [0.717, 1.165) is 27.1 Å². The van der Waals surface area contributed by atoms with Crippen molar-refractivity contribution >= 4 is 35.1 Å². The number of rotatable bonds is 10. The van der Waals surface area contributed by atoms with Crippen LogP contribution >= 0.6 is 11.3 Å². The zero-order chi connectivity index (χ0) is 35.6. The molecule has 4 rings (SSSR count). The Bertz CT molecular complexity index is 1700. The van der Waals surface area contributed by atoms with Gasteiger partial charge in [0.1, 0.15) is 12.6 Å². The van der Waals surface area contributed by atoms with Crippen molar-refractivity contribution in [2.45, 2.75) is 78.2 Å². The van der Waals surface area contributed by atoms with Gasteiger partial charge in [-0.15, -0.1) is 11.3 Å². The largest absolute Gasteiger partial charge is 0.481 e. The zero-order valence-corrected chi connectivity index (χ0v) is 29.3. The number of nitrogens with zero attached hydrogens (tertiary/aromatic N) is 2. The predicted molar refractivity (Wildman–Crippen MR) is 188 cm³/mol. The highest BCUT2D eigenvalue weighted by Gasteiger charge is 2.25. The van der Waals surface area contributed by atoms with Crippen LogP contribution in [-0.4, -0.2) is 56.5 Å². The van der Waals surface area contributed by atoms with Crippen molar-refractivity contribution in [3.8, 4) is 22.5 Å². The van der Waals surface area contributed by atoms with Crippen molar-refractivity contribution in [3.05, 3.63) is 93.9 Å². The van der Waals surface area contributed by atoms with Gasteiger partial charge in [-0.05, 0) is 39.7 Å². The van der Waals surface area contributed by atoms with Crippen LogP contribution in [0.3, 0.4) is 0 Å². The molecule has 0 radical (unpaired) electrons. The summed E-state index contributed by atoms with van der Waals surface area (Å²) < 4.78 is 0. The minimum Gasteiger partial charge on any atom is -0.481 e. The molecule has 2 aromatic heterocycles. The maximum atomic E-state index is 13.0. The predicted octanol–water partition coefficient (Wildman–Crippen LogP) is 6.49. The Morgan fingerprint density at radius 3 is 1.79 bits per heavy atom. The molecule has 0 aliphatic heterocycles. The SMILES string of the molecule is CC(C)(C)c1ccc(-c2cnc(-c3ccc(CC(NC(=O)c4ccc(C(C)(C)C)s4)C(=O)NCC(=O)O)cc3)nc2)cc1.CCC(=O)O. The second-order valence-electron chi connectivity index (χ2n) is 13.3. The van der Waals surface area contributed by atoms with Crippen LogP contribution in [0.25, 0.3) is 22.5 Å². The molecule has 1 unspecified atom stereocenters. The summed E-state index contributed by atoms with van der Waals surface area (Å²) >= 11 is 1.37. The fourth-order valence-corrected chi connectivity index (χ4v) is 5.37. The molecule has 10 nitrogen and oxygen atoms in total. The molecule has 0 aliphatic carbocycles. The van der Waals surface area contributed by atoms with Gasteiger partial charge in [-0.1, -0.05) is 97.0 Å². The van der Waals surface area contributed by atoms with Crippen LogP contribution in [0, 0.1) is 0 Å². The molecule has 11 heteroatoms. The average molecular weight is 673 g/mol. The van der Waals surface area contributed by atoms with Crippen LogP contribution in [0.4, 0.5) is 0 Å². The molecular weight excluding hydrogens is 628 g/mol. The Morgan fingerprint density at radius 2 is 1.31 bits per heavy atom. The molecule has 0 fully saturated rings. The van der Waals surface area contributed by atoms with Gasteiger partial charge in [-0.3, -0.25) is 19.2 Å². The van der Waals surface area contributed by atoms with Crippen molar-refractivity contribution in [1.29, 1.82) is 0 Å². The van der Waals surface area contributed by atoms with Gasteiger partial charge in [0, 0.05) is 41.2 Å². The fourth-order valence-electron chi connectivity index (χ4n) is 4.40. The molecule has 4 N–H and O–H groups in total. The van der Waals surface area contributed by atoms with Gasteiger partial charge in [0.25, 0.3) is 5.91 Å². The van der Waals surface area contributed by atoms with E-state index in [2.05, 4.69) is 86.4 Å². The standard InChI is InChI=1S/C34H38N4O4S.C3H6O2/c1-33(2,3)25-13-11-22(12-14-25)24-18-35-30(36-19-24)23-9-7-21(8-10-23)17-26(31(41)37-20-29(39)40)38-32(42)27-15-16-28(43-27)34(4,5)6;1-2-3(4)5/h7-16,18-19,26H,17,20H2,1-6H3,(H,37,41)(H,38,42)(H,39,40);2H2,1H3,(H,4,5). The molecule has 0 bridgehead atoms. The number of hydrogen-bond donors (Lipinski definition) is 4. The Balaban J connectivity index is 0.00000116. The van der Waals surface area contributed by atoms with Gasteiger partial charge in [-0.25, -0.2) is 9.97 Å². The fraction of sp³-hybridized carbons (Fsp3) is 0.351. The first-order chi connectivity index (χ1) is 22.5. The summed E-state index contributed by atoms with van der Waals surface area (Å²) in [6.07, 6.45) is 4.01. The van der Waals surface area contributed by atoms with Gasteiger partial charge in [0.2, 0.25) is 5.91 Å². The van der Waals surface area contributed by atoms with Crippen LogP contribution in [0.1, 0.15) is 80.6 Å². The first-order valence-electron chi connectivity index (χ1n) is 15.6. The Hall–Kier alpha value is -4.90. The first-order valence-corrected chi connectivity index (χ1v) is 16.4. The highest BCUT2D eigenvalue weighted by Crippen LogP contribution is 2.30. The van der Waals surface area contributed by atoms with Crippen LogP contribution in [0.5, 0.6) is 0 Å². The number of carboxylic acid groups (broad SMARTS) is 2. The van der Waals surface area contributed by atoms with E-state index in [9.17, 15) is 19.2 Å². The third kappa shape index (κ3) is 11.1. The first kappa shape index (κ1) is 37.6. The van der Waals surface area contributed by atoms with Crippen molar-refractivity contribution < 1.29 is 29.4 Å². The number of carboxylic acids is 2. The summed E-state index contributed by atoms with van der Waals surface area (Å²) in [4.78, 5) is 57.0. The van der Waals surface area contributed by atoms with E-state index >= 15 is 0 Å². The summed E-state index contributed by atoms with van der Waals surface area (Å²) in [7, 11) is 0. The van der Waals surface area contributed by atoms with Gasteiger partial charge in [0.15, 0.2) is 5.82 Å². The van der Waals surface area contributed by atoms with E-state index in [4.69, 9.17) is 10.2 Å². The molecular formula is C37H44N4O6S. The minimum atomic E-state index is -1.16. The molecule has 2 heterocycles. The molecule has 0 spiro atoms. The van der Waals surface area contributed by atoms with E-state index < -0.39 is 30.4 Å². The molecule has 0 aliphatic rings. The number of aromatic nitrogens is 2. The summed E-state index contributed by atoms with van der Waals surface area (Å²) in [5, 5.41) is 21.9. The number of hydrogen-bond acceptors (Lipinski definition) is 7. The lowest BCUT2D eigenvalue weighted by Gasteiger charge is -2.19. The third-order valence-corrected chi connectivity index (χ3v) is 8.80. The number of nitrogens with one attached hydrogen (secondary N) is 2. The van der Waals surface area contributed by atoms with Crippen LogP contribution in [0.2, 0.25) is 0 Å². The highest BCUT2D eigenvalue weighted by molar-refractivity contribution is 7.14.